The predicted molar refractivity (Wildman–Crippen MR) is 92.4 cm³/mol. The summed E-state index contributed by atoms with van der Waals surface area (Å²) in [6, 6.07) is 7.89. The number of nitrogens with one attached hydrogen (secondary N) is 1. The molecule has 23 heavy (non-hydrogen) atoms. The van der Waals surface area contributed by atoms with Crippen LogP contribution in [0.3, 0.4) is 0 Å². The van der Waals surface area contributed by atoms with E-state index < -0.39 is 6.04 Å². The second kappa shape index (κ2) is 7.49. The number of piperazine rings is 1. The average Bonchev–Trinajstić information content (AvgIpc) is 2.52. The van der Waals surface area contributed by atoms with E-state index in [9.17, 15) is 9.59 Å². The Morgan fingerprint density at radius 2 is 1.70 bits per heavy atom. The molecule has 5 heteroatoms. The van der Waals surface area contributed by atoms with Gasteiger partial charge in [-0.3, -0.25) is 9.59 Å². The number of carbonyl (C=O) groups is 2. The Balaban J connectivity index is 1.99. The predicted octanol–water partition coefficient (Wildman–Crippen LogP) is 1.80. The van der Waals surface area contributed by atoms with Gasteiger partial charge in [-0.25, -0.2) is 0 Å². The third kappa shape index (κ3) is 4.24. The highest BCUT2D eigenvalue weighted by Crippen LogP contribution is 2.21. The number of hydrogen-bond acceptors (Lipinski definition) is 3. The molecule has 0 saturated carbocycles. The summed E-state index contributed by atoms with van der Waals surface area (Å²) in [5.41, 5.74) is 2.49. The van der Waals surface area contributed by atoms with Gasteiger partial charge < -0.3 is 15.1 Å². The summed E-state index contributed by atoms with van der Waals surface area (Å²) in [6.07, 6.45) is 0. The van der Waals surface area contributed by atoms with Gasteiger partial charge in [0.05, 0.1) is 0 Å². The second-order valence-electron chi connectivity index (χ2n) is 6.52. The summed E-state index contributed by atoms with van der Waals surface area (Å²) >= 11 is 0. The summed E-state index contributed by atoms with van der Waals surface area (Å²) in [6.45, 7) is 10.5. The zero-order valence-corrected chi connectivity index (χ0v) is 14.5. The summed E-state index contributed by atoms with van der Waals surface area (Å²) < 4.78 is 0. The molecule has 0 aliphatic carbocycles. The standard InChI is InChI=1S/C18H27N3O2/c1-13(2)17(19-15(4)22)18(23)21-11-9-20(10-12-21)16-8-6-5-7-14(16)3/h5-8,13,17H,9-12H2,1-4H3,(H,19,22). The lowest BCUT2D eigenvalue weighted by Gasteiger charge is -2.38. The van der Waals surface area contributed by atoms with Crippen LogP contribution >= 0.6 is 0 Å². The number of benzene rings is 1. The Labute approximate surface area is 138 Å². The van der Waals surface area contributed by atoms with Crippen molar-refractivity contribution in [2.75, 3.05) is 31.1 Å². The molecule has 1 aliphatic heterocycles. The van der Waals surface area contributed by atoms with Crippen LogP contribution in [0.25, 0.3) is 0 Å². The molecule has 0 spiro atoms. The van der Waals surface area contributed by atoms with Crippen LogP contribution < -0.4 is 10.2 Å². The topological polar surface area (TPSA) is 52.7 Å². The van der Waals surface area contributed by atoms with Gasteiger partial charge in [0.1, 0.15) is 6.04 Å². The molecule has 0 aromatic heterocycles. The molecular formula is C18H27N3O2. The van der Waals surface area contributed by atoms with Crippen molar-refractivity contribution in [1.82, 2.24) is 10.2 Å². The average molecular weight is 317 g/mol. The lowest BCUT2D eigenvalue weighted by atomic mass is 10.0. The van der Waals surface area contributed by atoms with E-state index in [-0.39, 0.29) is 17.7 Å². The van der Waals surface area contributed by atoms with E-state index in [1.165, 1.54) is 18.2 Å². The number of anilines is 1. The van der Waals surface area contributed by atoms with Gasteiger partial charge in [0.15, 0.2) is 0 Å². The van der Waals surface area contributed by atoms with Crippen LogP contribution in [0.1, 0.15) is 26.3 Å². The van der Waals surface area contributed by atoms with Crippen molar-refractivity contribution in [2.24, 2.45) is 5.92 Å². The van der Waals surface area contributed by atoms with E-state index in [4.69, 9.17) is 0 Å². The zero-order valence-electron chi connectivity index (χ0n) is 14.5. The third-order valence-electron chi connectivity index (χ3n) is 4.34. The first-order chi connectivity index (χ1) is 10.9. The van der Waals surface area contributed by atoms with Crippen molar-refractivity contribution < 1.29 is 9.59 Å². The molecule has 1 aliphatic rings. The Morgan fingerprint density at radius 3 is 2.22 bits per heavy atom. The lowest BCUT2D eigenvalue weighted by Crippen LogP contribution is -2.56. The minimum Gasteiger partial charge on any atom is -0.368 e. The maximum atomic E-state index is 12.7. The summed E-state index contributed by atoms with van der Waals surface area (Å²) in [5.74, 6) is -0.0453. The molecule has 5 nitrogen and oxygen atoms in total. The lowest BCUT2D eigenvalue weighted by molar-refractivity contribution is -0.137. The van der Waals surface area contributed by atoms with E-state index in [2.05, 4.69) is 29.3 Å². The van der Waals surface area contributed by atoms with Gasteiger partial charge in [-0.1, -0.05) is 32.0 Å². The van der Waals surface area contributed by atoms with Crippen molar-refractivity contribution in [2.45, 2.75) is 33.7 Å². The first-order valence-corrected chi connectivity index (χ1v) is 8.26. The minimum absolute atomic E-state index is 0.0274. The monoisotopic (exact) mass is 317 g/mol. The Bertz CT molecular complexity index is 563. The number of hydrogen-bond donors (Lipinski definition) is 1. The Morgan fingerprint density at radius 1 is 1.09 bits per heavy atom. The fourth-order valence-corrected chi connectivity index (χ4v) is 3.02. The van der Waals surface area contributed by atoms with Crippen molar-refractivity contribution in [3.05, 3.63) is 29.8 Å². The molecular weight excluding hydrogens is 290 g/mol. The van der Waals surface area contributed by atoms with Crippen molar-refractivity contribution >= 4 is 17.5 Å². The van der Waals surface area contributed by atoms with Gasteiger partial charge in [0.2, 0.25) is 11.8 Å². The number of aryl methyl sites for hydroxylation is 1. The van der Waals surface area contributed by atoms with Crippen LogP contribution in [0.5, 0.6) is 0 Å². The first-order valence-electron chi connectivity index (χ1n) is 8.26. The number of para-hydroxylation sites is 1. The SMILES string of the molecule is CC(=O)NC(C(=O)N1CCN(c2ccccc2C)CC1)C(C)C. The van der Waals surface area contributed by atoms with E-state index >= 15 is 0 Å². The first kappa shape index (κ1) is 17.3. The van der Waals surface area contributed by atoms with E-state index in [0.29, 0.717) is 13.1 Å². The molecule has 2 amide bonds. The molecule has 0 radical (unpaired) electrons. The minimum atomic E-state index is -0.433. The van der Waals surface area contributed by atoms with E-state index in [0.717, 1.165) is 13.1 Å². The maximum absolute atomic E-state index is 12.7. The van der Waals surface area contributed by atoms with Gasteiger partial charge in [0.25, 0.3) is 0 Å². The highest BCUT2D eigenvalue weighted by atomic mass is 16.2. The van der Waals surface area contributed by atoms with Crippen LogP contribution in [0.2, 0.25) is 0 Å². The number of nitrogens with zero attached hydrogens (tertiary/aromatic N) is 2. The third-order valence-corrected chi connectivity index (χ3v) is 4.34. The van der Waals surface area contributed by atoms with Gasteiger partial charge in [-0.05, 0) is 24.5 Å². The summed E-state index contributed by atoms with van der Waals surface area (Å²) in [5, 5.41) is 2.78. The molecule has 1 atom stereocenters. The van der Waals surface area contributed by atoms with Crippen molar-refractivity contribution in [1.29, 1.82) is 0 Å². The number of amides is 2. The second-order valence-corrected chi connectivity index (χ2v) is 6.52. The summed E-state index contributed by atoms with van der Waals surface area (Å²) in [7, 11) is 0. The van der Waals surface area contributed by atoms with Gasteiger partial charge in [-0.15, -0.1) is 0 Å². The normalized spacial score (nSPS) is 16.4. The molecule has 1 fully saturated rings. The van der Waals surface area contributed by atoms with Gasteiger partial charge in [-0.2, -0.15) is 0 Å². The molecule has 1 heterocycles. The largest absolute Gasteiger partial charge is 0.368 e. The molecule has 1 unspecified atom stereocenters. The van der Waals surface area contributed by atoms with E-state index in [1.807, 2.05) is 30.9 Å². The quantitative estimate of drug-likeness (QED) is 0.921. The van der Waals surface area contributed by atoms with Gasteiger partial charge >= 0.3 is 0 Å². The number of rotatable bonds is 4. The fourth-order valence-electron chi connectivity index (χ4n) is 3.02. The molecule has 1 saturated heterocycles. The Kier molecular flexibility index (Phi) is 5.64. The maximum Gasteiger partial charge on any atom is 0.245 e. The molecule has 2 rings (SSSR count). The van der Waals surface area contributed by atoms with Crippen molar-refractivity contribution in [3.63, 3.8) is 0 Å². The smallest absolute Gasteiger partial charge is 0.245 e. The number of carbonyl (C=O) groups excluding carboxylic acids is 2. The molecule has 126 valence electrons. The molecule has 1 aromatic carbocycles. The van der Waals surface area contributed by atoms with Crippen LogP contribution in [0, 0.1) is 12.8 Å². The zero-order chi connectivity index (χ0) is 17.0. The summed E-state index contributed by atoms with van der Waals surface area (Å²) in [4.78, 5) is 28.2. The van der Waals surface area contributed by atoms with Crippen molar-refractivity contribution in [3.8, 4) is 0 Å². The Hall–Kier alpha value is -2.04. The van der Waals surface area contributed by atoms with Crippen LogP contribution in [0.15, 0.2) is 24.3 Å². The molecule has 1 N–H and O–H groups in total. The fraction of sp³-hybridized carbons (Fsp3) is 0.556. The highest BCUT2D eigenvalue weighted by Gasteiger charge is 2.30. The van der Waals surface area contributed by atoms with Crippen LogP contribution in [0.4, 0.5) is 5.69 Å². The molecule has 1 aromatic rings. The van der Waals surface area contributed by atoms with E-state index in [1.54, 1.807) is 0 Å². The highest BCUT2D eigenvalue weighted by molar-refractivity contribution is 5.87. The van der Waals surface area contributed by atoms with Crippen LogP contribution in [-0.2, 0) is 9.59 Å². The van der Waals surface area contributed by atoms with Crippen LogP contribution in [-0.4, -0.2) is 48.9 Å². The van der Waals surface area contributed by atoms with Gasteiger partial charge in [0, 0.05) is 38.8 Å². The molecule has 0 bridgehead atoms.